The van der Waals surface area contributed by atoms with Gasteiger partial charge in [0.15, 0.2) is 0 Å². The van der Waals surface area contributed by atoms with Crippen LogP contribution in [0.2, 0.25) is 0 Å². The van der Waals surface area contributed by atoms with E-state index in [9.17, 15) is 0 Å². The molecule has 1 aliphatic heterocycles. The van der Waals surface area contributed by atoms with Crippen LogP contribution in [-0.4, -0.2) is 69.5 Å². The van der Waals surface area contributed by atoms with Crippen molar-refractivity contribution in [3.8, 4) is 0 Å². The van der Waals surface area contributed by atoms with E-state index in [-0.39, 0.29) is 0 Å². The monoisotopic (exact) mass is 309 g/mol. The molecular formula is C12H24BrNO3. The molecule has 0 radical (unpaired) electrons. The van der Waals surface area contributed by atoms with Gasteiger partial charge in [-0.25, -0.2) is 0 Å². The number of alkyl halides is 1. The van der Waals surface area contributed by atoms with Gasteiger partial charge < -0.3 is 14.2 Å². The molecule has 4 nitrogen and oxygen atoms in total. The minimum Gasteiger partial charge on any atom is -0.382 e. The number of likely N-dealkylation sites (tertiary alicyclic amines) is 1. The molecule has 0 aromatic carbocycles. The molecule has 1 fully saturated rings. The highest BCUT2D eigenvalue weighted by Gasteiger charge is 2.16. The van der Waals surface area contributed by atoms with Crippen molar-refractivity contribution in [1.82, 2.24) is 4.90 Å². The van der Waals surface area contributed by atoms with Gasteiger partial charge in [-0.15, -0.1) is 0 Å². The molecule has 0 N–H and O–H groups in total. The van der Waals surface area contributed by atoms with Gasteiger partial charge in [-0.05, 0) is 19.4 Å². The predicted molar refractivity (Wildman–Crippen MR) is 71.9 cm³/mol. The molecule has 5 heteroatoms. The lowest BCUT2D eigenvalue weighted by atomic mass is 10.1. The normalized spacial score (nSPS) is 21.9. The molecule has 0 amide bonds. The highest BCUT2D eigenvalue weighted by Crippen LogP contribution is 2.16. The molecule has 0 aromatic heterocycles. The van der Waals surface area contributed by atoms with Crippen LogP contribution in [0, 0.1) is 0 Å². The summed E-state index contributed by atoms with van der Waals surface area (Å²) in [7, 11) is 1.68. The lowest BCUT2D eigenvalue weighted by molar-refractivity contribution is 0.0186. The number of methoxy groups -OCH3 is 1. The van der Waals surface area contributed by atoms with Crippen molar-refractivity contribution < 1.29 is 14.2 Å². The van der Waals surface area contributed by atoms with E-state index in [0.717, 1.165) is 19.7 Å². The number of hydrogen-bond donors (Lipinski definition) is 0. The van der Waals surface area contributed by atoms with Gasteiger partial charge in [0, 0.05) is 25.0 Å². The van der Waals surface area contributed by atoms with E-state index in [4.69, 9.17) is 14.2 Å². The van der Waals surface area contributed by atoms with Crippen LogP contribution in [0.3, 0.4) is 0 Å². The first-order valence-electron chi connectivity index (χ1n) is 6.34. The Morgan fingerprint density at radius 3 is 2.53 bits per heavy atom. The molecule has 0 saturated carbocycles. The summed E-state index contributed by atoms with van der Waals surface area (Å²) in [5.74, 6) is 0. The molecule has 17 heavy (non-hydrogen) atoms. The van der Waals surface area contributed by atoms with Crippen molar-refractivity contribution in [3.63, 3.8) is 0 Å². The Hall–Kier alpha value is 0.320. The summed E-state index contributed by atoms with van der Waals surface area (Å²) in [5, 5.41) is 0. The van der Waals surface area contributed by atoms with Gasteiger partial charge in [0.25, 0.3) is 0 Å². The maximum atomic E-state index is 5.53. The Morgan fingerprint density at radius 2 is 1.82 bits per heavy atom. The Kier molecular flexibility index (Phi) is 9.28. The zero-order valence-corrected chi connectivity index (χ0v) is 12.3. The van der Waals surface area contributed by atoms with E-state index < -0.39 is 0 Å². The average Bonchev–Trinajstić information content (AvgIpc) is 2.33. The van der Waals surface area contributed by atoms with Crippen LogP contribution in [0.4, 0.5) is 0 Å². The zero-order valence-electron chi connectivity index (χ0n) is 10.7. The summed E-state index contributed by atoms with van der Waals surface area (Å²) in [5.41, 5.74) is 0. The molecule has 102 valence electrons. The molecule has 1 atom stereocenters. The second kappa shape index (κ2) is 10.3. The minimum absolute atomic E-state index is 0.650. The lowest BCUT2D eigenvalue weighted by Gasteiger charge is -2.29. The van der Waals surface area contributed by atoms with Crippen molar-refractivity contribution in [2.45, 2.75) is 17.7 Å². The van der Waals surface area contributed by atoms with Crippen LogP contribution in [0.15, 0.2) is 0 Å². The van der Waals surface area contributed by atoms with Gasteiger partial charge in [0.2, 0.25) is 0 Å². The van der Waals surface area contributed by atoms with Crippen LogP contribution in [-0.2, 0) is 14.2 Å². The standard InChI is InChI=1S/C12H24BrNO3/c1-15-7-8-17-10-9-16-6-5-14-4-2-3-12(13)11-14/h12H,2-11H2,1H3. The molecule has 0 spiro atoms. The van der Waals surface area contributed by atoms with Gasteiger partial charge >= 0.3 is 0 Å². The Labute approximate surface area is 113 Å². The number of ether oxygens (including phenoxy) is 3. The van der Waals surface area contributed by atoms with Gasteiger partial charge in [-0.1, -0.05) is 15.9 Å². The van der Waals surface area contributed by atoms with Crippen LogP contribution < -0.4 is 0 Å². The molecule has 0 aliphatic carbocycles. The Bertz CT molecular complexity index is 183. The molecule has 1 rings (SSSR count). The van der Waals surface area contributed by atoms with Gasteiger partial charge in [0.05, 0.1) is 33.0 Å². The third kappa shape index (κ3) is 8.11. The van der Waals surface area contributed by atoms with E-state index in [1.807, 2.05) is 0 Å². The fourth-order valence-corrected chi connectivity index (χ4v) is 2.59. The van der Waals surface area contributed by atoms with Gasteiger partial charge in [0.1, 0.15) is 0 Å². The Morgan fingerprint density at radius 1 is 1.12 bits per heavy atom. The second-order valence-electron chi connectivity index (χ2n) is 4.26. The Balaban J connectivity index is 1.83. The molecule has 0 aromatic rings. The third-order valence-electron chi connectivity index (χ3n) is 2.80. The number of rotatable bonds is 9. The summed E-state index contributed by atoms with van der Waals surface area (Å²) >= 11 is 3.67. The first-order valence-corrected chi connectivity index (χ1v) is 7.25. The highest BCUT2D eigenvalue weighted by atomic mass is 79.9. The fourth-order valence-electron chi connectivity index (χ4n) is 1.86. The van der Waals surface area contributed by atoms with Crippen molar-refractivity contribution in [3.05, 3.63) is 0 Å². The fraction of sp³-hybridized carbons (Fsp3) is 1.00. The van der Waals surface area contributed by atoms with Crippen LogP contribution in [0.25, 0.3) is 0 Å². The van der Waals surface area contributed by atoms with Crippen molar-refractivity contribution in [1.29, 1.82) is 0 Å². The molecule has 0 bridgehead atoms. The van der Waals surface area contributed by atoms with Crippen LogP contribution >= 0.6 is 15.9 Å². The van der Waals surface area contributed by atoms with E-state index in [0.29, 0.717) is 31.3 Å². The van der Waals surface area contributed by atoms with Crippen molar-refractivity contribution in [2.24, 2.45) is 0 Å². The molecule has 1 aliphatic rings. The van der Waals surface area contributed by atoms with Gasteiger partial charge in [-0.3, -0.25) is 4.90 Å². The minimum atomic E-state index is 0.650. The average molecular weight is 310 g/mol. The number of halogens is 1. The number of piperidine rings is 1. The third-order valence-corrected chi connectivity index (χ3v) is 3.55. The van der Waals surface area contributed by atoms with Crippen molar-refractivity contribution in [2.75, 3.05) is 59.8 Å². The molecule has 1 unspecified atom stereocenters. The second-order valence-corrected chi connectivity index (χ2v) is 5.55. The molecule has 1 saturated heterocycles. The summed E-state index contributed by atoms with van der Waals surface area (Å²) in [6.07, 6.45) is 2.58. The topological polar surface area (TPSA) is 30.9 Å². The zero-order chi connectivity index (χ0) is 12.3. The summed E-state index contributed by atoms with van der Waals surface area (Å²) in [6, 6.07) is 0. The molecular weight excluding hydrogens is 286 g/mol. The number of nitrogens with zero attached hydrogens (tertiary/aromatic N) is 1. The van der Waals surface area contributed by atoms with E-state index in [1.165, 1.54) is 19.4 Å². The summed E-state index contributed by atoms with van der Waals surface area (Å²) < 4.78 is 15.7. The van der Waals surface area contributed by atoms with Crippen molar-refractivity contribution >= 4 is 15.9 Å². The smallest absolute Gasteiger partial charge is 0.0701 e. The largest absolute Gasteiger partial charge is 0.382 e. The first kappa shape index (κ1) is 15.4. The van der Waals surface area contributed by atoms with E-state index >= 15 is 0 Å². The van der Waals surface area contributed by atoms with E-state index in [2.05, 4.69) is 20.8 Å². The predicted octanol–water partition coefficient (Wildman–Crippen LogP) is 1.53. The summed E-state index contributed by atoms with van der Waals surface area (Å²) in [4.78, 5) is 3.11. The lowest BCUT2D eigenvalue weighted by Crippen LogP contribution is -2.37. The SMILES string of the molecule is COCCOCCOCCN1CCCC(Br)C1. The number of hydrogen-bond acceptors (Lipinski definition) is 4. The van der Waals surface area contributed by atoms with Gasteiger partial charge in [-0.2, -0.15) is 0 Å². The maximum absolute atomic E-state index is 5.53. The first-order chi connectivity index (χ1) is 8.33. The van der Waals surface area contributed by atoms with Crippen LogP contribution in [0.5, 0.6) is 0 Å². The van der Waals surface area contributed by atoms with E-state index in [1.54, 1.807) is 7.11 Å². The summed E-state index contributed by atoms with van der Waals surface area (Å²) in [6.45, 7) is 6.81. The molecule has 1 heterocycles. The quantitative estimate of drug-likeness (QED) is 0.477. The highest BCUT2D eigenvalue weighted by molar-refractivity contribution is 9.09. The maximum Gasteiger partial charge on any atom is 0.0701 e. The van der Waals surface area contributed by atoms with Crippen LogP contribution in [0.1, 0.15) is 12.8 Å².